The molecule has 2 bridgehead atoms. The van der Waals surface area contributed by atoms with Crippen molar-refractivity contribution in [3.8, 4) is 0 Å². The second-order valence-corrected chi connectivity index (χ2v) is 8.19. The molecule has 4 atom stereocenters. The number of benzene rings is 2. The average molecular weight is 434 g/mol. The summed E-state index contributed by atoms with van der Waals surface area (Å²) in [5.41, 5.74) is 1.28. The van der Waals surface area contributed by atoms with Gasteiger partial charge < -0.3 is 9.47 Å². The molecule has 8 nitrogen and oxygen atoms in total. The average Bonchev–Trinajstić information content (AvgIpc) is 3.50. The number of carbonyl (C=O) groups excluding carboxylic acids is 2. The van der Waals surface area contributed by atoms with Crippen molar-refractivity contribution in [3.63, 3.8) is 0 Å². The van der Waals surface area contributed by atoms with Gasteiger partial charge in [0.05, 0.1) is 25.3 Å². The summed E-state index contributed by atoms with van der Waals surface area (Å²) in [7, 11) is 0. The Labute approximate surface area is 186 Å². The molecule has 2 aromatic carbocycles. The van der Waals surface area contributed by atoms with Gasteiger partial charge in [0.2, 0.25) is 0 Å². The molecular weight excluding hydrogens is 408 g/mol. The monoisotopic (exact) mass is 434 g/mol. The standard InChI is InChI=1S/C24H26N4O4/c1-3-31-22(29)27-18-15-19(28(27)23(30)32-4-2)21-20(18)24(26-25-21,16-11-7-5-8-12-16)17-13-9-6-10-14-17/h5-14,18-21H,3-4,15H2,1-2H3/t18-,19+,20-,21+/m1/s1. The molecule has 3 aliphatic rings. The Morgan fingerprint density at radius 3 is 1.88 bits per heavy atom. The van der Waals surface area contributed by atoms with Gasteiger partial charge >= 0.3 is 12.2 Å². The Hall–Kier alpha value is -3.42. The maximum Gasteiger partial charge on any atom is 0.429 e. The van der Waals surface area contributed by atoms with Crippen LogP contribution in [0.15, 0.2) is 70.9 Å². The number of hydrogen-bond acceptors (Lipinski definition) is 6. The maximum absolute atomic E-state index is 13.0. The molecule has 5 rings (SSSR count). The Kier molecular flexibility index (Phi) is 5.07. The van der Waals surface area contributed by atoms with E-state index in [9.17, 15) is 9.59 Å². The van der Waals surface area contributed by atoms with Gasteiger partial charge in [-0.3, -0.25) is 0 Å². The van der Waals surface area contributed by atoms with Crippen LogP contribution in [0.1, 0.15) is 31.4 Å². The van der Waals surface area contributed by atoms with Crippen LogP contribution in [-0.4, -0.2) is 53.5 Å². The third-order valence-corrected chi connectivity index (χ3v) is 6.69. The predicted molar refractivity (Wildman–Crippen MR) is 116 cm³/mol. The molecule has 0 N–H and O–H groups in total. The first-order valence-corrected chi connectivity index (χ1v) is 11.1. The van der Waals surface area contributed by atoms with Crippen LogP contribution in [-0.2, 0) is 15.0 Å². The summed E-state index contributed by atoms with van der Waals surface area (Å²) in [5, 5.41) is 12.4. The molecular formula is C24H26N4O4. The van der Waals surface area contributed by atoms with E-state index in [0.29, 0.717) is 6.42 Å². The largest absolute Gasteiger partial charge is 0.448 e. The second kappa shape index (κ2) is 7.93. The molecule has 1 saturated heterocycles. The molecule has 0 unspecified atom stereocenters. The Morgan fingerprint density at radius 2 is 1.38 bits per heavy atom. The van der Waals surface area contributed by atoms with E-state index in [2.05, 4.69) is 24.3 Å². The van der Waals surface area contributed by atoms with Crippen LogP contribution >= 0.6 is 0 Å². The number of carbonyl (C=O) groups is 2. The van der Waals surface area contributed by atoms with Crippen molar-refractivity contribution in [2.45, 2.75) is 43.9 Å². The molecule has 2 heterocycles. The summed E-state index contributed by atoms with van der Waals surface area (Å²) < 4.78 is 10.6. The summed E-state index contributed by atoms with van der Waals surface area (Å²) in [5.74, 6) is -0.132. The minimum atomic E-state index is -0.752. The lowest BCUT2D eigenvalue weighted by atomic mass is 9.70. The molecule has 2 aliphatic heterocycles. The van der Waals surface area contributed by atoms with Gasteiger partial charge in [-0.15, -0.1) is 0 Å². The normalized spacial score (nSPS) is 26.8. The summed E-state index contributed by atoms with van der Waals surface area (Å²) in [4.78, 5) is 25.8. The minimum Gasteiger partial charge on any atom is -0.448 e. The van der Waals surface area contributed by atoms with Crippen molar-refractivity contribution in [1.29, 1.82) is 0 Å². The number of nitrogens with zero attached hydrogens (tertiary/aromatic N) is 4. The lowest BCUT2D eigenvalue weighted by Gasteiger charge is -2.45. The van der Waals surface area contributed by atoms with Crippen molar-refractivity contribution >= 4 is 12.2 Å². The van der Waals surface area contributed by atoms with Crippen molar-refractivity contribution in [1.82, 2.24) is 10.0 Å². The first kappa shape index (κ1) is 20.5. The summed E-state index contributed by atoms with van der Waals surface area (Å²) in [6.07, 6.45) is -0.500. The molecule has 1 saturated carbocycles. The van der Waals surface area contributed by atoms with Gasteiger partial charge in [-0.05, 0) is 31.4 Å². The van der Waals surface area contributed by atoms with Gasteiger partial charge in [0.25, 0.3) is 0 Å². The van der Waals surface area contributed by atoms with Crippen LogP contribution in [0.5, 0.6) is 0 Å². The molecule has 166 valence electrons. The van der Waals surface area contributed by atoms with E-state index in [1.165, 1.54) is 10.0 Å². The number of ether oxygens (including phenoxy) is 2. The Bertz CT molecular complexity index is 989. The highest BCUT2D eigenvalue weighted by Crippen LogP contribution is 2.58. The molecule has 1 aliphatic carbocycles. The molecule has 8 heteroatoms. The summed E-state index contributed by atoms with van der Waals surface area (Å²) in [6, 6.07) is 19.3. The highest BCUT2D eigenvalue weighted by atomic mass is 16.6. The fourth-order valence-electron chi connectivity index (χ4n) is 5.59. The molecule has 2 amide bonds. The van der Waals surface area contributed by atoms with Gasteiger partial charge in [0.15, 0.2) is 0 Å². The predicted octanol–water partition coefficient (Wildman–Crippen LogP) is 4.37. The van der Waals surface area contributed by atoms with Gasteiger partial charge in [-0.1, -0.05) is 60.7 Å². The maximum atomic E-state index is 13.0. The van der Waals surface area contributed by atoms with Crippen LogP contribution in [0.4, 0.5) is 9.59 Å². The molecule has 0 spiro atoms. The van der Waals surface area contributed by atoms with E-state index in [1.807, 2.05) is 36.4 Å². The first-order chi connectivity index (χ1) is 15.6. The minimum absolute atomic E-state index is 0.132. The third kappa shape index (κ3) is 2.82. The summed E-state index contributed by atoms with van der Waals surface area (Å²) in [6.45, 7) is 3.93. The number of fused-ring (bicyclic) bond motifs is 5. The number of hydrazine groups is 1. The quantitative estimate of drug-likeness (QED) is 0.715. The first-order valence-electron chi connectivity index (χ1n) is 11.1. The lowest BCUT2D eigenvalue weighted by Crippen LogP contribution is -2.62. The van der Waals surface area contributed by atoms with Crippen molar-refractivity contribution in [2.75, 3.05) is 13.2 Å². The smallest absolute Gasteiger partial charge is 0.429 e. The number of azo groups is 1. The van der Waals surface area contributed by atoms with Crippen LogP contribution in [0.2, 0.25) is 0 Å². The molecule has 2 fully saturated rings. The van der Waals surface area contributed by atoms with E-state index in [-0.39, 0.29) is 37.3 Å². The Balaban J connectivity index is 1.63. The zero-order valence-electron chi connectivity index (χ0n) is 18.1. The zero-order valence-corrected chi connectivity index (χ0v) is 18.1. The lowest BCUT2D eigenvalue weighted by molar-refractivity contribution is -0.0620. The van der Waals surface area contributed by atoms with Gasteiger partial charge in [0, 0.05) is 5.92 Å². The fourth-order valence-corrected chi connectivity index (χ4v) is 5.59. The van der Waals surface area contributed by atoms with Gasteiger partial charge in [-0.2, -0.15) is 10.2 Å². The highest BCUT2D eigenvalue weighted by molar-refractivity contribution is 5.76. The topological polar surface area (TPSA) is 83.8 Å². The van der Waals surface area contributed by atoms with Crippen LogP contribution < -0.4 is 0 Å². The number of rotatable bonds is 4. The van der Waals surface area contributed by atoms with Crippen molar-refractivity contribution < 1.29 is 19.1 Å². The van der Waals surface area contributed by atoms with E-state index in [0.717, 1.165) is 11.1 Å². The third-order valence-electron chi connectivity index (χ3n) is 6.69. The van der Waals surface area contributed by atoms with Crippen molar-refractivity contribution in [2.24, 2.45) is 16.1 Å². The highest BCUT2D eigenvalue weighted by Gasteiger charge is 2.69. The number of amides is 2. The van der Waals surface area contributed by atoms with E-state index in [1.54, 1.807) is 13.8 Å². The second-order valence-electron chi connectivity index (χ2n) is 8.19. The van der Waals surface area contributed by atoms with Crippen LogP contribution in [0, 0.1) is 5.92 Å². The zero-order chi connectivity index (χ0) is 22.3. The van der Waals surface area contributed by atoms with Crippen LogP contribution in [0.3, 0.4) is 0 Å². The van der Waals surface area contributed by atoms with Gasteiger partial charge in [-0.25, -0.2) is 19.6 Å². The SMILES string of the molecule is CCOC(=O)N1[C@@H]2C[C@@H]([C@@H]3N=NC(c4ccccc4)(c4ccccc4)[C@@H]32)N1C(=O)OCC. The summed E-state index contributed by atoms with van der Waals surface area (Å²) >= 11 is 0. The van der Waals surface area contributed by atoms with Crippen molar-refractivity contribution in [3.05, 3.63) is 71.8 Å². The molecule has 32 heavy (non-hydrogen) atoms. The van der Waals surface area contributed by atoms with Gasteiger partial charge in [0.1, 0.15) is 11.6 Å². The molecule has 2 aromatic rings. The Morgan fingerprint density at radius 1 is 0.875 bits per heavy atom. The fraction of sp³-hybridized carbons (Fsp3) is 0.417. The van der Waals surface area contributed by atoms with Crippen LogP contribution in [0.25, 0.3) is 0 Å². The van der Waals surface area contributed by atoms with E-state index < -0.39 is 17.7 Å². The van der Waals surface area contributed by atoms with E-state index >= 15 is 0 Å². The molecule has 0 radical (unpaired) electrons. The molecule has 0 aromatic heterocycles. The number of hydrogen-bond donors (Lipinski definition) is 0. The van der Waals surface area contributed by atoms with E-state index in [4.69, 9.17) is 19.7 Å².